The standard InChI is InChI=1S/C15H16ClN3O/c1-10-5-6-13(8-14(10)16)19-15(20)18-12-4-2-3-11(7-12)9-17/h2-8H,9,17H2,1H3,(H2,18,19,20). The average Bonchev–Trinajstić information content (AvgIpc) is 2.43. The summed E-state index contributed by atoms with van der Waals surface area (Å²) in [6, 6.07) is 12.4. The first kappa shape index (κ1) is 14.4. The Kier molecular flexibility index (Phi) is 4.61. The molecular weight excluding hydrogens is 274 g/mol. The van der Waals surface area contributed by atoms with Crippen LogP contribution in [0, 0.1) is 6.92 Å². The third kappa shape index (κ3) is 3.73. The smallest absolute Gasteiger partial charge is 0.323 e. The summed E-state index contributed by atoms with van der Waals surface area (Å²) in [6.45, 7) is 2.34. The zero-order valence-corrected chi connectivity index (χ0v) is 11.9. The lowest BCUT2D eigenvalue weighted by atomic mass is 10.2. The fourth-order valence-electron chi connectivity index (χ4n) is 1.74. The molecule has 0 aliphatic heterocycles. The van der Waals surface area contributed by atoms with Crippen LogP contribution in [0.5, 0.6) is 0 Å². The van der Waals surface area contributed by atoms with Crippen molar-refractivity contribution in [2.45, 2.75) is 13.5 Å². The highest BCUT2D eigenvalue weighted by Gasteiger charge is 2.04. The number of carbonyl (C=O) groups is 1. The van der Waals surface area contributed by atoms with E-state index in [1.807, 2.05) is 31.2 Å². The van der Waals surface area contributed by atoms with Crippen molar-refractivity contribution in [3.63, 3.8) is 0 Å². The molecule has 2 aromatic carbocycles. The first-order valence-electron chi connectivity index (χ1n) is 6.21. The largest absolute Gasteiger partial charge is 0.326 e. The molecule has 2 rings (SSSR count). The molecule has 5 heteroatoms. The molecule has 0 aliphatic rings. The van der Waals surface area contributed by atoms with Gasteiger partial charge in [0.25, 0.3) is 0 Å². The molecule has 2 amide bonds. The van der Waals surface area contributed by atoms with Gasteiger partial charge in [-0.2, -0.15) is 0 Å². The Labute approximate surface area is 122 Å². The summed E-state index contributed by atoms with van der Waals surface area (Å²) in [5, 5.41) is 6.10. The molecule has 0 saturated carbocycles. The number of nitrogens with two attached hydrogens (primary N) is 1. The van der Waals surface area contributed by atoms with Crippen LogP contribution in [-0.2, 0) is 6.54 Å². The number of hydrogen-bond acceptors (Lipinski definition) is 2. The van der Waals surface area contributed by atoms with Gasteiger partial charge < -0.3 is 16.4 Å². The third-order valence-corrected chi connectivity index (χ3v) is 3.26. The maximum atomic E-state index is 11.9. The highest BCUT2D eigenvalue weighted by atomic mass is 35.5. The van der Waals surface area contributed by atoms with Crippen LogP contribution in [0.15, 0.2) is 42.5 Å². The Balaban J connectivity index is 2.03. The van der Waals surface area contributed by atoms with Crippen LogP contribution in [-0.4, -0.2) is 6.03 Å². The molecule has 0 aromatic heterocycles. The molecule has 4 N–H and O–H groups in total. The summed E-state index contributed by atoms with van der Waals surface area (Å²) >= 11 is 6.01. The van der Waals surface area contributed by atoms with Crippen LogP contribution in [0.3, 0.4) is 0 Å². The van der Waals surface area contributed by atoms with Crippen LogP contribution >= 0.6 is 11.6 Å². The van der Waals surface area contributed by atoms with Gasteiger partial charge in [-0.3, -0.25) is 0 Å². The number of benzene rings is 2. The predicted octanol–water partition coefficient (Wildman–Crippen LogP) is 3.75. The number of aryl methyl sites for hydroxylation is 1. The Morgan fingerprint density at radius 1 is 1.15 bits per heavy atom. The molecule has 0 atom stereocenters. The maximum Gasteiger partial charge on any atom is 0.323 e. The summed E-state index contributed by atoms with van der Waals surface area (Å²) in [5.41, 5.74) is 8.83. The van der Waals surface area contributed by atoms with E-state index in [4.69, 9.17) is 17.3 Å². The molecule has 2 aromatic rings. The lowest BCUT2D eigenvalue weighted by Crippen LogP contribution is -2.19. The van der Waals surface area contributed by atoms with E-state index >= 15 is 0 Å². The number of carbonyl (C=O) groups excluding carboxylic acids is 1. The first-order valence-corrected chi connectivity index (χ1v) is 6.59. The second-order valence-corrected chi connectivity index (χ2v) is 4.85. The maximum absolute atomic E-state index is 11.9. The quantitative estimate of drug-likeness (QED) is 0.805. The van der Waals surface area contributed by atoms with E-state index in [1.54, 1.807) is 18.2 Å². The number of nitrogens with one attached hydrogen (secondary N) is 2. The van der Waals surface area contributed by atoms with Crippen LogP contribution < -0.4 is 16.4 Å². The van der Waals surface area contributed by atoms with Crippen molar-refractivity contribution >= 4 is 29.0 Å². The number of amides is 2. The lowest BCUT2D eigenvalue weighted by Gasteiger charge is -2.09. The summed E-state index contributed by atoms with van der Waals surface area (Å²) in [4.78, 5) is 11.9. The normalized spacial score (nSPS) is 10.2. The Morgan fingerprint density at radius 2 is 1.85 bits per heavy atom. The predicted molar refractivity (Wildman–Crippen MR) is 83.2 cm³/mol. The molecular formula is C15H16ClN3O. The number of urea groups is 1. The lowest BCUT2D eigenvalue weighted by molar-refractivity contribution is 0.262. The monoisotopic (exact) mass is 289 g/mol. The number of anilines is 2. The van der Waals surface area contributed by atoms with Gasteiger partial charge in [-0.1, -0.05) is 29.8 Å². The fraction of sp³-hybridized carbons (Fsp3) is 0.133. The van der Waals surface area contributed by atoms with E-state index in [1.165, 1.54) is 0 Å². The number of hydrogen-bond donors (Lipinski definition) is 3. The van der Waals surface area contributed by atoms with Gasteiger partial charge in [-0.25, -0.2) is 4.79 Å². The molecule has 0 saturated heterocycles. The molecule has 0 spiro atoms. The number of halogens is 1. The van der Waals surface area contributed by atoms with E-state index in [0.29, 0.717) is 22.9 Å². The molecule has 0 radical (unpaired) electrons. The Morgan fingerprint density at radius 3 is 2.50 bits per heavy atom. The molecule has 20 heavy (non-hydrogen) atoms. The van der Waals surface area contributed by atoms with Gasteiger partial charge in [0, 0.05) is 22.9 Å². The third-order valence-electron chi connectivity index (χ3n) is 2.85. The second-order valence-electron chi connectivity index (χ2n) is 4.45. The number of rotatable bonds is 3. The van der Waals surface area contributed by atoms with Gasteiger partial charge in [0.1, 0.15) is 0 Å². The second kappa shape index (κ2) is 6.41. The summed E-state index contributed by atoms with van der Waals surface area (Å²) < 4.78 is 0. The van der Waals surface area contributed by atoms with Gasteiger partial charge in [0.05, 0.1) is 0 Å². The van der Waals surface area contributed by atoms with E-state index in [2.05, 4.69) is 10.6 Å². The zero-order valence-electron chi connectivity index (χ0n) is 11.1. The van der Waals surface area contributed by atoms with Crippen LogP contribution in [0.1, 0.15) is 11.1 Å². The van der Waals surface area contributed by atoms with E-state index in [0.717, 1.165) is 11.1 Å². The Hall–Kier alpha value is -2.04. The minimum Gasteiger partial charge on any atom is -0.326 e. The molecule has 104 valence electrons. The summed E-state index contributed by atoms with van der Waals surface area (Å²) in [6.07, 6.45) is 0. The molecule has 4 nitrogen and oxygen atoms in total. The SMILES string of the molecule is Cc1ccc(NC(=O)Nc2cccc(CN)c2)cc1Cl. The van der Waals surface area contributed by atoms with Crippen molar-refractivity contribution in [1.82, 2.24) is 0 Å². The van der Waals surface area contributed by atoms with Crippen LogP contribution in [0.2, 0.25) is 5.02 Å². The fourth-order valence-corrected chi connectivity index (χ4v) is 1.92. The van der Waals surface area contributed by atoms with Gasteiger partial charge in [-0.05, 0) is 42.3 Å². The van der Waals surface area contributed by atoms with Gasteiger partial charge in [-0.15, -0.1) is 0 Å². The zero-order chi connectivity index (χ0) is 14.5. The van der Waals surface area contributed by atoms with Gasteiger partial charge in [0.2, 0.25) is 0 Å². The minimum atomic E-state index is -0.320. The van der Waals surface area contributed by atoms with Crippen molar-refractivity contribution in [2.24, 2.45) is 5.73 Å². The highest BCUT2D eigenvalue weighted by Crippen LogP contribution is 2.20. The van der Waals surface area contributed by atoms with Crippen molar-refractivity contribution in [1.29, 1.82) is 0 Å². The topological polar surface area (TPSA) is 67.2 Å². The molecule has 0 fully saturated rings. The van der Waals surface area contributed by atoms with E-state index in [-0.39, 0.29) is 6.03 Å². The molecule has 0 unspecified atom stereocenters. The average molecular weight is 290 g/mol. The van der Waals surface area contributed by atoms with E-state index in [9.17, 15) is 4.79 Å². The van der Waals surface area contributed by atoms with Gasteiger partial charge >= 0.3 is 6.03 Å². The molecule has 0 bridgehead atoms. The minimum absolute atomic E-state index is 0.320. The Bertz CT molecular complexity index is 628. The molecule has 0 heterocycles. The molecule has 0 aliphatic carbocycles. The highest BCUT2D eigenvalue weighted by molar-refractivity contribution is 6.31. The summed E-state index contributed by atoms with van der Waals surface area (Å²) in [7, 11) is 0. The van der Waals surface area contributed by atoms with Gasteiger partial charge in [0.15, 0.2) is 0 Å². The first-order chi connectivity index (χ1) is 9.58. The van der Waals surface area contributed by atoms with Crippen molar-refractivity contribution in [3.05, 3.63) is 58.6 Å². The van der Waals surface area contributed by atoms with Crippen molar-refractivity contribution < 1.29 is 4.79 Å². The summed E-state index contributed by atoms with van der Waals surface area (Å²) in [5.74, 6) is 0. The van der Waals surface area contributed by atoms with Crippen LogP contribution in [0.4, 0.5) is 16.2 Å². The van der Waals surface area contributed by atoms with E-state index < -0.39 is 0 Å². The van der Waals surface area contributed by atoms with Crippen molar-refractivity contribution in [2.75, 3.05) is 10.6 Å². The van der Waals surface area contributed by atoms with Crippen molar-refractivity contribution in [3.8, 4) is 0 Å². The van der Waals surface area contributed by atoms with Crippen LogP contribution in [0.25, 0.3) is 0 Å².